The Hall–Kier alpha value is -2.17. The summed E-state index contributed by atoms with van der Waals surface area (Å²) in [5.74, 6) is -0.551. The van der Waals surface area contributed by atoms with Crippen LogP contribution in [0.1, 0.15) is 26.5 Å². The van der Waals surface area contributed by atoms with Gasteiger partial charge in [-0.3, -0.25) is 4.79 Å². The Morgan fingerprint density at radius 3 is 2.47 bits per heavy atom. The minimum Gasteiger partial charge on any atom is -0.508 e. The molecule has 1 heterocycles. The lowest BCUT2D eigenvalue weighted by Gasteiger charge is -2.17. The van der Waals surface area contributed by atoms with Crippen molar-refractivity contribution in [3.05, 3.63) is 46.1 Å². The summed E-state index contributed by atoms with van der Waals surface area (Å²) in [5, 5.41) is 9.39. The van der Waals surface area contributed by atoms with Crippen molar-refractivity contribution >= 4 is 0 Å². The molecule has 0 saturated heterocycles. The summed E-state index contributed by atoms with van der Waals surface area (Å²) < 4.78 is 13.3. The summed E-state index contributed by atoms with van der Waals surface area (Å²) in [6, 6.07) is 4.98. The van der Waals surface area contributed by atoms with Crippen LogP contribution in [0.3, 0.4) is 0 Å². The van der Waals surface area contributed by atoms with E-state index in [1.807, 2.05) is 20.8 Å². The maximum Gasteiger partial charge on any atom is 0.251 e. The van der Waals surface area contributed by atoms with Crippen molar-refractivity contribution in [2.24, 2.45) is 0 Å². The van der Waals surface area contributed by atoms with E-state index in [-0.39, 0.29) is 22.5 Å². The van der Waals surface area contributed by atoms with E-state index in [1.165, 1.54) is 18.2 Å². The minimum absolute atomic E-state index is 0.209. The molecular weight excluding hydrogens is 247 g/mol. The zero-order chi connectivity index (χ0) is 14.2. The van der Waals surface area contributed by atoms with E-state index >= 15 is 0 Å². The number of H-pyrrole nitrogens is 1. The molecule has 19 heavy (non-hydrogen) atoms. The highest BCUT2D eigenvalue weighted by atomic mass is 19.1. The fourth-order valence-electron chi connectivity index (χ4n) is 1.69. The molecule has 1 aromatic heterocycles. The van der Waals surface area contributed by atoms with Crippen molar-refractivity contribution in [2.75, 3.05) is 0 Å². The fraction of sp³-hybridized carbons (Fsp3) is 0.286. The highest BCUT2D eigenvalue weighted by molar-refractivity contribution is 5.57. The van der Waals surface area contributed by atoms with Gasteiger partial charge in [-0.2, -0.15) is 0 Å². The first-order chi connectivity index (χ1) is 8.75. The van der Waals surface area contributed by atoms with Gasteiger partial charge < -0.3 is 10.1 Å². The summed E-state index contributed by atoms with van der Waals surface area (Å²) in [6.07, 6.45) is 0. The summed E-state index contributed by atoms with van der Waals surface area (Å²) in [6.45, 7) is 5.80. The third-order valence-corrected chi connectivity index (χ3v) is 2.67. The summed E-state index contributed by atoms with van der Waals surface area (Å²) in [5.41, 5.74) is 0.340. The Labute approximate surface area is 110 Å². The lowest BCUT2D eigenvalue weighted by molar-refractivity contribution is 0.469. The molecule has 0 aliphatic rings. The third-order valence-electron chi connectivity index (χ3n) is 2.67. The maximum atomic E-state index is 13.3. The zero-order valence-corrected chi connectivity index (χ0v) is 11.0. The lowest BCUT2D eigenvalue weighted by Crippen LogP contribution is -2.19. The Kier molecular flexibility index (Phi) is 3.14. The van der Waals surface area contributed by atoms with Crippen LogP contribution in [0, 0.1) is 5.82 Å². The first-order valence-corrected chi connectivity index (χ1v) is 5.87. The first-order valence-electron chi connectivity index (χ1n) is 5.87. The van der Waals surface area contributed by atoms with Crippen LogP contribution in [0.15, 0.2) is 29.1 Å². The Morgan fingerprint density at radius 1 is 1.21 bits per heavy atom. The van der Waals surface area contributed by atoms with Gasteiger partial charge in [-0.25, -0.2) is 9.37 Å². The number of aromatic amines is 1. The van der Waals surface area contributed by atoms with Crippen LogP contribution < -0.4 is 5.56 Å². The maximum absolute atomic E-state index is 13.3. The van der Waals surface area contributed by atoms with Crippen LogP contribution in [0.25, 0.3) is 11.4 Å². The smallest absolute Gasteiger partial charge is 0.251 e. The number of nitrogens with zero attached hydrogens (tertiary/aromatic N) is 1. The molecule has 0 aliphatic heterocycles. The van der Waals surface area contributed by atoms with Crippen molar-refractivity contribution in [2.45, 2.75) is 26.2 Å². The number of nitrogens with one attached hydrogen (secondary N) is 1. The van der Waals surface area contributed by atoms with Gasteiger partial charge in [-0.05, 0) is 12.1 Å². The quantitative estimate of drug-likeness (QED) is 0.830. The molecule has 4 nitrogen and oxygen atoms in total. The van der Waals surface area contributed by atoms with E-state index in [2.05, 4.69) is 9.97 Å². The highest BCUT2D eigenvalue weighted by Crippen LogP contribution is 2.24. The summed E-state index contributed by atoms with van der Waals surface area (Å²) in [4.78, 5) is 18.5. The molecule has 2 rings (SSSR count). The van der Waals surface area contributed by atoms with Gasteiger partial charge in [-0.15, -0.1) is 0 Å². The van der Waals surface area contributed by atoms with Crippen LogP contribution in [-0.4, -0.2) is 15.1 Å². The molecule has 0 atom stereocenters. The minimum atomic E-state index is -0.584. The average molecular weight is 262 g/mol. The lowest BCUT2D eigenvalue weighted by atomic mass is 9.92. The van der Waals surface area contributed by atoms with Gasteiger partial charge in [0, 0.05) is 23.1 Å². The zero-order valence-electron chi connectivity index (χ0n) is 11.0. The van der Waals surface area contributed by atoms with Crippen LogP contribution in [0.5, 0.6) is 5.75 Å². The van der Waals surface area contributed by atoms with Crippen LogP contribution in [-0.2, 0) is 5.41 Å². The van der Waals surface area contributed by atoms with Gasteiger partial charge in [0.1, 0.15) is 17.4 Å². The Bertz CT molecular complexity index is 652. The van der Waals surface area contributed by atoms with Gasteiger partial charge in [0.05, 0.1) is 5.69 Å². The van der Waals surface area contributed by atoms with Crippen LogP contribution in [0.2, 0.25) is 0 Å². The largest absolute Gasteiger partial charge is 0.508 e. The molecule has 0 saturated carbocycles. The van der Waals surface area contributed by atoms with Crippen molar-refractivity contribution in [3.63, 3.8) is 0 Å². The standard InChI is InChI=1S/C14H15FN2O2/c1-14(2,3)11-7-12(19)17-13(16-11)8-4-9(15)6-10(18)5-8/h4-7,18H,1-3H3,(H,16,17,19). The topological polar surface area (TPSA) is 66.0 Å². The molecule has 0 bridgehead atoms. The van der Waals surface area contributed by atoms with E-state index in [0.717, 1.165) is 6.07 Å². The van der Waals surface area contributed by atoms with E-state index in [0.29, 0.717) is 11.3 Å². The molecule has 0 aliphatic carbocycles. The van der Waals surface area contributed by atoms with Crippen molar-refractivity contribution < 1.29 is 9.50 Å². The summed E-state index contributed by atoms with van der Waals surface area (Å²) >= 11 is 0. The summed E-state index contributed by atoms with van der Waals surface area (Å²) in [7, 11) is 0. The predicted molar refractivity (Wildman–Crippen MR) is 70.6 cm³/mol. The average Bonchev–Trinajstić information content (AvgIpc) is 2.25. The van der Waals surface area contributed by atoms with Crippen LogP contribution >= 0.6 is 0 Å². The molecule has 100 valence electrons. The molecule has 0 amide bonds. The molecule has 2 aromatic rings. The highest BCUT2D eigenvalue weighted by Gasteiger charge is 2.17. The van der Waals surface area contributed by atoms with Gasteiger partial charge in [0.15, 0.2) is 0 Å². The number of phenols is 1. The van der Waals surface area contributed by atoms with Crippen molar-refractivity contribution in [1.82, 2.24) is 9.97 Å². The van der Waals surface area contributed by atoms with Gasteiger partial charge in [0.25, 0.3) is 5.56 Å². The number of aromatic hydroxyl groups is 1. The molecular formula is C14H15FN2O2. The van der Waals surface area contributed by atoms with Gasteiger partial charge in [0.2, 0.25) is 0 Å². The van der Waals surface area contributed by atoms with E-state index in [4.69, 9.17) is 0 Å². The molecule has 0 spiro atoms. The second-order valence-electron chi connectivity index (χ2n) is 5.43. The number of hydrogen-bond donors (Lipinski definition) is 2. The molecule has 1 aromatic carbocycles. The Balaban J connectivity index is 2.63. The fourth-order valence-corrected chi connectivity index (χ4v) is 1.69. The SMILES string of the molecule is CC(C)(C)c1cc(=O)[nH]c(-c2cc(O)cc(F)c2)n1. The van der Waals surface area contributed by atoms with E-state index in [1.54, 1.807) is 0 Å². The molecule has 0 radical (unpaired) electrons. The Morgan fingerprint density at radius 2 is 1.89 bits per heavy atom. The number of aromatic nitrogens is 2. The van der Waals surface area contributed by atoms with Crippen molar-refractivity contribution in [1.29, 1.82) is 0 Å². The molecule has 0 unspecified atom stereocenters. The second-order valence-corrected chi connectivity index (χ2v) is 5.43. The number of rotatable bonds is 1. The molecule has 0 fully saturated rings. The number of hydrogen-bond acceptors (Lipinski definition) is 3. The monoisotopic (exact) mass is 262 g/mol. The van der Waals surface area contributed by atoms with Gasteiger partial charge >= 0.3 is 0 Å². The molecule has 5 heteroatoms. The van der Waals surface area contributed by atoms with E-state index < -0.39 is 5.82 Å². The number of halogens is 1. The van der Waals surface area contributed by atoms with Gasteiger partial charge in [-0.1, -0.05) is 20.8 Å². The predicted octanol–water partition coefficient (Wildman–Crippen LogP) is 2.58. The normalized spacial score (nSPS) is 11.6. The third kappa shape index (κ3) is 2.99. The molecule has 2 N–H and O–H groups in total. The second kappa shape index (κ2) is 4.50. The number of phenolic OH excluding ortho intramolecular Hbond substituents is 1. The van der Waals surface area contributed by atoms with Crippen LogP contribution in [0.4, 0.5) is 4.39 Å². The van der Waals surface area contributed by atoms with E-state index in [9.17, 15) is 14.3 Å². The van der Waals surface area contributed by atoms with Crippen molar-refractivity contribution in [3.8, 4) is 17.1 Å². The first kappa shape index (κ1) is 13.3. The number of benzene rings is 1.